The Bertz CT molecular complexity index is 557. The second kappa shape index (κ2) is 8.65. The number of hydrogen-bond acceptors (Lipinski definition) is 1. The molecule has 24 heavy (non-hydrogen) atoms. The van der Waals surface area contributed by atoms with Crippen molar-refractivity contribution in [2.45, 2.75) is 72.6 Å². The summed E-state index contributed by atoms with van der Waals surface area (Å²) in [5, 5.41) is 0. The first kappa shape index (κ1) is 19.0. The summed E-state index contributed by atoms with van der Waals surface area (Å²) in [6.07, 6.45) is 21.0. The highest BCUT2D eigenvalue weighted by atomic mass is 16.1. The lowest BCUT2D eigenvalue weighted by molar-refractivity contribution is -0.104. The van der Waals surface area contributed by atoms with Gasteiger partial charge in [0.2, 0.25) is 0 Å². The van der Waals surface area contributed by atoms with E-state index < -0.39 is 0 Å². The molecule has 2 aliphatic carbocycles. The molecular weight excluding hydrogens is 292 g/mol. The first-order valence-electron chi connectivity index (χ1n) is 9.63. The molecule has 1 fully saturated rings. The molecule has 132 valence electrons. The van der Waals surface area contributed by atoms with Crippen molar-refractivity contribution in [1.82, 2.24) is 0 Å². The van der Waals surface area contributed by atoms with E-state index in [1.165, 1.54) is 44.9 Å². The lowest BCUT2D eigenvalue weighted by atomic mass is 9.71. The van der Waals surface area contributed by atoms with Crippen LogP contribution in [0.4, 0.5) is 0 Å². The summed E-state index contributed by atoms with van der Waals surface area (Å²) in [6.45, 7) is 9.09. The van der Waals surface area contributed by atoms with Gasteiger partial charge < -0.3 is 0 Å². The Hall–Kier alpha value is -1.37. The number of allylic oxidation sites excluding steroid dienone is 8. The van der Waals surface area contributed by atoms with Crippen LogP contribution >= 0.6 is 0 Å². The lowest BCUT2D eigenvalue weighted by Crippen LogP contribution is -2.20. The smallest absolute Gasteiger partial charge is 0.143 e. The highest BCUT2D eigenvalue weighted by Gasteiger charge is 2.27. The maximum atomic E-state index is 10.6. The molecule has 0 heterocycles. The maximum Gasteiger partial charge on any atom is 0.143 e. The van der Waals surface area contributed by atoms with Gasteiger partial charge in [-0.15, -0.1) is 0 Å². The molecule has 0 aromatic rings. The summed E-state index contributed by atoms with van der Waals surface area (Å²) >= 11 is 0. The second-order valence-electron chi connectivity index (χ2n) is 8.31. The maximum absolute atomic E-state index is 10.6. The van der Waals surface area contributed by atoms with Crippen LogP contribution in [-0.4, -0.2) is 6.29 Å². The minimum atomic E-state index is 0.322. The second-order valence-corrected chi connectivity index (χ2v) is 8.31. The van der Waals surface area contributed by atoms with Crippen molar-refractivity contribution in [1.29, 1.82) is 0 Å². The molecule has 2 atom stereocenters. The molecule has 0 N–H and O–H groups in total. The predicted octanol–water partition coefficient (Wildman–Crippen LogP) is 6.58. The van der Waals surface area contributed by atoms with E-state index >= 15 is 0 Å². The largest absolute Gasteiger partial charge is 0.299 e. The lowest BCUT2D eigenvalue weighted by Gasteiger charge is -2.34. The molecule has 0 aliphatic heterocycles. The first-order chi connectivity index (χ1) is 11.4. The van der Waals surface area contributed by atoms with Crippen LogP contribution in [0.15, 0.2) is 47.1 Å². The summed E-state index contributed by atoms with van der Waals surface area (Å²) < 4.78 is 0. The van der Waals surface area contributed by atoms with Gasteiger partial charge in [0, 0.05) is 0 Å². The summed E-state index contributed by atoms with van der Waals surface area (Å²) in [7, 11) is 0. The van der Waals surface area contributed by atoms with Crippen LogP contribution in [0.3, 0.4) is 0 Å². The average Bonchev–Trinajstić information content (AvgIpc) is 2.53. The van der Waals surface area contributed by atoms with E-state index in [4.69, 9.17) is 0 Å². The quantitative estimate of drug-likeness (QED) is 0.317. The van der Waals surface area contributed by atoms with E-state index in [-0.39, 0.29) is 0 Å². The van der Waals surface area contributed by atoms with Crippen LogP contribution in [0.1, 0.15) is 72.6 Å². The van der Waals surface area contributed by atoms with Gasteiger partial charge in [-0.1, -0.05) is 56.6 Å². The summed E-state index contributed by atoms with van der Waals surface area (Å²) in [4.78, 5) is 10.6. The van der Waals surface area contributed by atoms with E-state index in [9.17, 15) is 4.79 Å². The van der Waals surface area contributed by atoms with E-state index in [1.807, 2.05) is 6.92 Å². The van der Waals surface area contributed by atoms with Crippen LogP contribution in [0, 0.1) is 17.3 Å². The van der Waals surface area contributed by atoms with Gasteiger partial charge in [-0.3, -0.25) is 4.79 Å². The molecule has 0 bridgehead atoms. The van der Waals surface area contributed by atoms with Crippen molar-refractivity contribution in [3.63, 3.8) is 0 Å². The van der Waals surface area contributed by atoms with Gasteiger partial charge in [0.25, 0.3) is 0 Å². The van der Waals surface area contributed by atoms with E-state index in [1.54, 1.807) is 17.2 Å². The molecule has 2 aliphatic rings. The molecule has 1 nitrogen and oxygen atoms in total. The third-order valence-corrected chi connectivity index (χ3v) is 5.86. The van der Waals surface area contributed by atoms with Crippen molar-refractivity contribution >= 4 is 6.29 Å². The van der Waals surface area contributed by atoms with Crippen LogP contribution in [-0.2, 0) is 4.79 Å². The van der Waals surface area contributed by atoms with Crippen molar-refractivity contribution in [3.05, 3.63) is 47.1 Å². The van der Waals surface area contributed by atoms with Crippen LogP contribution in [0.2, 0.25) is 0 Å². The highest BCUT2D eigenvalue weighted by Crippen LogP contribution is 2.41. The third-order valence-electron chi connectivity index (χ3n) is 5.86. The topological polar surface area (TPSA) is 17.1 Å². The van der Waals surface area contributed by atoms with Crippen LogP contribution in [0.5, 0.6) is 0 Å². The Balaban J connectivity index is 2.13. The third kappa shape index (κ3) is 5.06. The van der Waals surface area contributed by atoms with Crippen LogP contribution in [0.25, 0.3) is 0 Å². The summed E-state index contributed by atoms with van der Waals surface area (Å²) in [6, 6.07) is 0. The van der Waals surface area contributed by atoms with E-state index in [2.05, 4.69) is 45.1 Å². The van der Waals surface area contributed by atoms with Gasteiger partial charge >= 0.3 is 0 Å². The molecule has 0 amide bonds. The fourth-order valence-corrected chi connectivity index (χ4v) is 4.33. The summed E-state index contributed by atoms with van der Waals surface area (Å²) in [5.41, 5.74) is 4.52. The van der Waals surface area contributed by atoms with Crippen LogP contribution < -0.4 is 0 Å². The van der Waals surface area contributed by atoms with Gasteiger partial charge in [0.05, 0.1) is 0 Å². The van der Waals surface area contributed by atoms with E-state index in [0.29, 0.717) is 17.3 Å². The van der Waals surface area contributed by atoms with Crippen molar-refractivity contribution in [3.8, 4) is 0 Å². The van der Waals surface area contributed by atoms with Gasteiger partial charge in [-0.25, -0.2) is 0 Å². The Morgan fingerprint density at radius 2 is 1.75 bits per heavy atom. The fourth-order valence-electron chi connectivity index (χ4n) is 4.33. The molecule has 1 heteroatoms. The Morgan fingerprint density at radius 1 is 1.08 bits per heavy atom. The van der Waals surface area contributed by atoms with Crippen molar-refractivity contribution < 1.29 is 4.79 Å². The first-order valence-corrected chi connectivity index (χ1v) is 9.63. The molecule has 1 saturated carbocycles. The van der Waals surface area contributed by atoms with Crippen molar-refractivity contribution in [2.24, 2.45) is 17.3 Å². The van der Waals surface area contributed by atoms with Gasteiger partial charge in [0.15, 0.2) is 0 Å². The molecule has 0 aromatic carbocycles. The Kier molecular flexibility index (Phi) is 6.83. The average molecular weight is 327 g/mol. The zero-order valence-corrected chi connectivity index (χ0v) is 16.0. The van der Waals surface area contributed by atoms with Gasteiger partial charge in [-0.2, -0.15) is 0 Å². The molecule has 0 spiro atoms. The van der Waals surface area contributed by atoms with E-state index in [0.717, 1.165) is 11.9 Å². The predicted molar refractivity (Wildman–Crippen MR) is 104 cm³/mol. The molecule has 2 rings (SSSR count). The molecule has 0 saturated heterocycles. The van der Waals surface area contributed by atoms with Crippen molar-refractivity contribution in [2.75, 3.05) is 0 Å². The molecular formula is C23H34O. The van der Waals surface area contributed by atoms with Gasteiger partial charge in [0.1, 0.15) is 6.29 Å². The molecule has 1 unspecified atom stereocenters. The number of aldehydes is 1. The SMILES string of the molecule is CC1=C(/C=C/C2CCCC[C@@H]2/C=C/C(C)=C/C=O)C(C)(C)CCC1. The fraction of sp³-hybridized carbons (Fsp3) is 0.609. The highest BCUT2D eigenvalue weighted by molar-refractivity contribution is 5.66. The number of carbonyl (C=O) groups is 1. The molecule has 0 aromatic heterocycles. The standard InChI is InChI=1S/C23H34O/c1-18(15-17-24)11-12-20-9-5-6-10-21(20)13-14-22-19(2)8-7-16-23(22,3)4/h11-15,17,20-21H,5-10,16H2,1-4H3/b12-11+,14-13+,18-15+/t20-,21?/m1/s1. The zero-order valence-electron chi connectivity index (χ0n) is 16.0. The number of rotatable bonds is 5. The minimum Gasteiger partial charge on any atom is -0.299 e. The summed E-state index contributed by atoms with van der Waals surface area (Å²) in [5.74, 6) is 1.25. The Labute approximate surface area is 148 Å². The minimum absolute atomic E-state index is 0.322. The Morgan fingerprint density at radius 3 is 2.38 bits per heavy atom. The number of hydrogen-bond donors (Lipinski definition) is 0. The normalized spacial score (nSPS) is 28.8. The monoisotopic (exact) mass is 326 g/mol. The van der Waals surface area contributed by atoms with Gasteiger partial charge in [-0.05, 0) is 80.4 Å². The zero-order chi connectivity index (χ0) is 17.6. The number of carbonyl (C=O) groups excluding carboxylic acids is 1. The molecule has 0 radical (unpaired) electrons.